The van der Waals surface area contributed by atoms with Crippen LogP contribution in [0.4, 0.5) is 0 Å². The van der Waals surface area contributed by atoms with Crippen LogP contribution in [-0.2, 0) is 0 Å². The van der Waals surface area contributed by atoms with E-state index in [2.05, 4.69) is 24.2 Å². The molecular weight excluding hydrogens is 224 g/mol. The average molecular weight is 238 g/mol. The number of aromatic hydroxyl groups is 1. The van der Waals surface area contributed by atoms with E-state index in [-0.39, 0.29) is 5.75 Å². The summed E-state index contributed by atoms with van der Waals surface area (Å²) in [6.45, 7) is 4.07. The molecule has 0 saturated carbocycles. The van der Waals surface area contributed by atoms with E-state index in [9.17, 15) is 5.11 Å². The molecule has 90 valence electrons. The molecular formula is C15H14N2O. The summed E-state index contributed by atoms with van der Waals surface area (Å²) >= 11 is 0. The van der Waals surface area contributed by atoms with E-state index in [0.717, 1.165) is 22.3 Å². The molecule has 0 aliphatic heterocycles. The molecule has 3 nitrogen and oxygen atoms in total. The number of nitrogens with zero attached hydrogens (tertiary/aromatic N) is 2. The van der Waals surface area contributed by atoms with Crippen LogP contribution < -0.4 is 0 Å². The molecule has 2 aromatic carbocycles. The van der Waals surface area contributed by atoms with E-state index >= 15 is 0 Å². The van der Waals surface area contributed by atoms with Crippen molar-refractivity contribution in [1.29, 1.82) is 0 Å². The van der Waals surface area contributed by atoms with Gasteiger partial charge in [-0.15, -0.1) is 0 Å². The number of fused-ring (bicyclic) bond motifs is 1. The highest BCUT2D eigenvalue weighted by molar-refractivity contribution is 5.83. The molecule has 1 N–H and O–H groups in total. The first-order valence-corrected chi connectivity index (χ1v) is 5.90. The highest BCUT2D eigenvalue weighted by Gasteiger charge is 2.09. The Kier molecular flexibility index (Phi) is 2.33. The second-order valence-electron chi connectivity index (χ2n) is 4.53. The molecule has 0 bridgehead atoms. The number of hydrogen-bond acceptors (Lipinski definition) is 2. The molecule has 3 aromatic rings. The lowest BCUT2D eigenvalue weighted by Crippen LogP contribution is -1.98. The summed E-state index contributed by atoms with van der Waals surface area (Å²) in [7, 11) is 0. The number of aromatic nitrogens is 2. The van der Waals surface area contributed by atoms with Crippen LogP contribution in [0.1, 0.15) is 11.3 Å². The van der Waals surface area contributed by atoms with Gasteiger partial charge in [-0.2, -0.15) is 5.10 Å². The van der Waals surface area contributed by atoms with Crippen LogP contribution in [-0.4, -0.2) is 14.9 Å². The Morgan fingerprint density at radius 2 is 1.72 bits per heavy atom. The fourth-order valence-corrected chi connectivity index (χ4v) is 2.14. The second-order valence-corrected chi connectivity index (χ2v) is 4.53. The Hall–Kier alpha value is -2.29. The molecule has 18 heavy (non-hydrogen) atoms. The molecule has 3 heteroatoms. The zero-order valence-corrected chi connectivity index (χ0v) is 10.4. The third-order valence-corrected chi connectivity index (χ3v) is 3.17. The van der Waals surface area contributed by atoms with Crippen molar-refractivity contribution in [2.45, 2.75) is 13.8 Å². The summed E-state index contributed by atoms with van der Waals surface area (Å²) in [6.07, 6.45) is 0. The smallest absolute Gasteiger partial charge is 0.116 e. The van der Waals surface area contributed by atoms with E-state index in [1.54, 1.807) is 12.1 Å². The molecule has 0 aliphatic carbocycles. The molecule has 0 radical (unpaired) electrons. The Balaban J connectivity index is 2.23. The van der Waals surface area contributed by atoms with E-state index in [4.69, 9.17) is 0 Å². The Bertz CT molecular complexity index is 711. The Labute approximate surface area is 105 Å². The molecule has 0 aliphatic rings. The first-order chi connectivity index (χ1) is 8.65. The summed E-state index contributed by atoms with van der Waals surface area (Å²) in [4.78, 5) is 0. The molecule has 1 heterocycles. The zero-order chi connectivity index (χ0) is 12.7. The predicted octanol–water partition coefficient (Wildman–Crippen LogP) is 3.35. The normalized spacial score (nSPS) is 11.0. The predicted molar refractivity (Wildman–Crippen MR) is 72.2 cm³/mol. The van der Waals surface area contributed by atoms with Crippen LogP contribution in [0.5, 0.6) is 5.75 Å². The van der Waals surface area contributed by atoms with Crippen LogP contribution in [0, 0.1) is 13.8 Å². The van der Waals surface area contributed by atoms with E-state index in [0.29, 0.717) is 0 Å². The SMILES string of the molecule is Cc1ccc(-n2nc3ccc(O)cc3c2C)cc1. The van der Waals surface area contributed by atoms with Gasteiger partial charge >= 0.3 is 0 Å². The lowest BCUT2D eigenvalue weighted by atomic mass is 10.2. The van der Waals surface area contributed by atoms with Gasteiger partial charge in [-0.05, 0) is 44.2 Å². The number of benzene rings is 2. The van der Waals surface area contributed by atoms with Crippen molar-refractivity contribution in [3.05, 3.63) is 53.7 Å². The van der Waals surface area contributed by atoms with Crippen molar-refractivity contribution < 1.29 is 5.11 Å². The number of aryl methyl sites for hydroxylation is 2. The Morgan fingerprint density at radius 3 is 2.44 bits per heavy atom. The minimum absolute atomic E-state index is 0.272. The number of phenolic OH excluding ortho intramolecular Hbond substituents is 1. The standard InChI is InChI=1S/C15H14N2O/c1-10-3-5-12(6-4-10)17-11(2)14-9-13(18)7-8-15(14)16-17/h3-9,18H,1-2H3. The van der Waals surface area contributed by atoms with E-state index in [1.165, 1.54) is 5.56 Å². The third kappa shape index (κ3) is 1.64. The van der Waals surface area contributed by atoms with Crippen LogP contribution in [0.25, 0.3) is 16.6 Å². The summed E-state index contributed by atoms with van der Waals surface area (Å²) in [5.74, 6) is 0.272. The molecule has 0 spiro atoms. The Morgan fingerprint density at radius 1 is 1.00 bits per heavy atom. The van der Waals surface area contributed by atoms with Crippen molar-refractivity contribution in [2.75, 3.05) is 0 Å². The second kappa shape index (κ2) is 3.88. The molecule has 0 saturated heterocycles. The minimum atomic E-state index is 0.272. The molecule has 0 unspecified atom stereocenters. The maximum atomic E-state index is 9.53. The minimum Gasteiger partial charge on any atom is -0.508 e. The number of phenols is 1. The maximum absolute atomic E-state index is 9.53. The van der Waals surface area contributed by atoms with Crippen molar-refractivity contribution in [3.8, 4) is 11.4 Å². The van der Waals surface area contributed by atoms with Gasteiger partial charge in [0.1, 0.15) is 5.75 Å². The van der Waals surface area contributed by atoms with Crippen LogP contribution >= 0.6 is 0 Å². The van der Waals surface area contributed by atoms with Gasteiger partial charge in [0, 0.05) is 11.1 Å². The molecule has 0 atom stereocenters. The third-order valence-electron chi connectivity index (χ3n) is 3.17. The van der Waals surface area contributed by atoms with Crippen molar-refractivity contribution in [1.82, 2.24) is 9.78 Å². The van der Waals surface area contributed by atoms with Gasteiger partial charge in [0.05, 0.1) is 11.2 Å². The monoisotopic (exact) mass is 238 g/mol. The van der Waals surface area contributed by atoms with E-state index in [1.807, 2.05) is 29.8 Å². The van der Waals surface area contributed by atoms with Crippen molar-refractivity contribution >= 4 is 10.9 Å². The topological polar surface area (TPSA) is 38.0 Å². The highest BCUT2D eigenvalue weighted by Crippen LogP contribution is 2.24. The summed E-state index contributed by atoms with van der Waals surface area (Å²) in [6, 6.07) is 13.5. The summed E-state index contributed by atoms with van der Waals surface area (Å²) < 4.78 is 1.91. The highest BCUT2D eigenvalue weighted by atomic mass is 16.3. The van der Waals surface area contributed by atoms with E-state index < -0.39 is 0 Å². The first-order valence-electron chi connectivity index (χ1n) is 5.90. The van der Waals surface area contributed by atoms with Crippen molar-refractivity contribution in [2.24, 2.45) is 0 Å². The molecule has 1 aromatic heterocycles. The van der Waals surface area contributed by atoms with Crippen LogP contribution in [0.2, 0.25) is 0 Å². The maximum Gasteiger partial charge on any atom is 0.116 e. The zero-order valence-electron chi connectivity index (χ0n) is 10.4. The van der Waals surface area contributed by atoms with Crippen LogP contribution in [0.3, 0.4) is 0 Å². The fraction of sp³-hybridized carbons (Fsp3) is 0.133. The van der Waals surface area contributed by atoms with Gasteiger partial charge in [0.2, 0.25) is 0 Å². The molecule has 0 amide bonds. The fourth-order valence-electron chi connectivity index (χ4n) is 2.14. The lowest BCUT2D eigenvalue weighted by molar-refractivity contribution is 0.476. The van der Waals surface area contributed by atoms with Gasteiger partial charge in [-0.25, -0.2) is 4.68 Å². The summed E-state index contributed by atoms with van der Waals surface area (Å²) in [5.41, 5.74) is 4.19. The van der Waals surface area contributed by atoms with Crippen molar-refractivity contribution in [3.63, 3.8) is 0 Å². The molecule has 0 fully saturated rings. The summed E-state index contributed by atoms with van der Waals surface area (Å²) in [5, 5.41) is 15.1. The molecule has 3 rings (SSSR count). The first kappa shape index (κ1) is 10.8. The van der Waals surface area contributed by atoms with Gasteiger partial charge in [-0.1, -0.05) is 17.7 Å². The average Bonchev–Trinajstić information content (AvgIpc) is 2.68. The van der Waals surface area contributed by atoms with Gasteiger partial charge in [0.15, 0.2) is 0 Å². The number of rotatable bonds is 1. The number of hydrogen-bond donors (Lipinski definition) is 1. The lowest BCUT2D eigenvalue weighted by Gasteiger charge is -2.04. The van der Waals surface area contributed by atoms with Gasteiger partial charge < -0.3 is 5.11 Å². The largest absolute Gasteiger partial charge is 0.508 e. The quantitative estimate of drug-likeness (QED) is 0.706. The van der Waals surface area contributed by atoms with Gasteiger partial charge in [-0.3, -0.25) is 0 Å². The van der Waals surface area contributed by atoms with Crippen LogP contribution in [0.15, 0.2) is 42.5 Å². The van der Waals surface area contributed by atoms with Gasteiger partial charge in [0.25, 0.3) is 0 Å².